The highest BCUT2D eigenvalue weighted by molar-refractivity contribution is 6.09. The van der Waals surface area contributed by atoms with E-state index in [1.807, 2.05) is 0 Å². The van der Waals surface area contributed by atoms with Crippen LogP contribution in [0.15, 0.2) is 42.6 Å². The first kappa shape index (κ1) is 16.9. The maximum absolute atomic E-state index is 13.3. The van der Waals surface area contributed by atoms with Crippen LogP contribution in [0.25, 0.3) is 0 Å². The molecule has 7 nitrogen and oxygen atoms in total. The third-order valence-corrected chi connectivity index (χ3v) is 4.44. The number of ether oxygens (including phenoxy) is 1. The number of nitro benzene ring substituents is 1. The monoisotopic (exact) mass is 341 g/mol. The number of amides is 1. The van der Waals surface area contributed by atoms with E-state index in [0.29, 0.717) is 5.82 Å². The van der Waals surface area contributed by atoms with Gasteiger partial charge in [0.15, 0.2) is 5.75 Å². The van der Waals surface area contributed by atoms with E-state index in [1.165, 1.54) is 19.2 Å². The van der Waals surface area contributed by atoms with Crippen LogP contribution in [0.5, 0.6) is 5.75 Å². The molecule has 0 aliphatic heterocycles. The van der Waals surface area contributed by atoms with Crippen LogP contribution in [0.4, 0.5) is 11.5 Å². The summed E-state index contributed by atoms with van der Waals surface area (Å²) in [6.07, 6.45) is 5.40. The van der Waals surface area contributed by atoms with Gasteiger partial charge in [-0.05, 0) is 37.1 Å². The molecule has 0 atom stereocenters. The zero-order valence-corrected chi connectivity index (χ0v) is 13.9. The van der Waals surface area contributed by atoms with E-state index in [4.69, 9.17) is 4.74 Å². The van der Waals surface area contributed by atoms with Crippen molar-refractivity contribution in [1.82, 2.24) is 4.98 Å². The van der Waals surface area contributed by atoms with Gasteiger partial charge >= 0.3 is 5.69 Å². The van der Waals surface area contributed by atoms with Crippen LogP contribution in [0.3, 0.4) is 0 Å². The summed E-state index contributed by atoms with van der Waals surface area (Å²) in [5.41, 5.74) is -0.296. The Labute approximate surface area is 145 Å². The van der Waals surface area contributed by atoms with E-state index in [2.05, 4.69) is 4.98 Å². The molecule has 1 fully saturated rings. The molecular weight excluding hydrogens is 322 g/mol. The van der Waals surface area contributed by atoms with Crippen LogP contribution in [0.2, 0.25) is 0 Å². The largest absolute Gasteiger partial charge is 0.490 e. The lowest BCUT2D eigenvalue weighted by atomic mass is 10.1. The topological polar surface area (TPSA) is 85.6 Å². The highest BCUT2D eigenvalue weighted by Crippen LogP contribution is 2.34. The molecule has 0 N–H and O–H groups in total. The fraction of sp³-hybridized carbons (Fsp3) is 0.333. The molecule has 1 aliphatic carbocycles. The number of nitro groups is 1. The number of anilines is 1. The number of nitrogens with zero attached hydrogens (tertiary/aromatic N) is 3. The molecule has 0 radical (unpaired) electrons. The Bertz CT molecular complexity index is 773. The molecule has 0 saturated heterocycles. The van der Waals surface area contributed by atoms with Gasteiger partial charge < -0.3 is 4.74 Å². The van der Waals surface area contributed by atoms with Gasteiger partial charge in [-0.2, -0.15) is 0 Å². The first-order chi connectivity index (χ1) is 12.1. The van der Waals surface area contributed by atoms with Crippen molar-refractivity contribution in [1.29, 1.82) is 0 Å². The van der Waals surface area contributed by atoms with E-state index in [-0.39, 0.29) is 23.0 Å². The zero-order chi connectivity index (χ0) is 17.8. The van der Waals surface area contributed by atoms with E-state index in [9.17, 15) is 14.9 Å². The van der Waals surface area contributed by atoms with Crippen molar-refractivity contribution in [3.63, 3.8) is 0 Å². The molecule has 1 amide bonds. The fourth-order valence-corrected chi connectivity index (χ4v) is 3.29. The first-order valence-electron chi connectivity index (χ1n) is 8.19. The van der Waals surface area contributed by atoms with Crippen LogP contribution < -0.4 is 9.64 Å². The van der Waals surface area contributed by atoms with Crippen LogP contribution in [-0.2, 0) is 0 Å². The molecule has 25 heavy (non-hydrogen) atoms. The predicted molar refractivity (Wildman–Crippen MR) is 93.0 cm³/mol. The van der Waals surface area contributed by atoms with E-state index in [0.717, 1.165) is 25.7 Å². The molecule has 3 rings (SSSR count). The number of hydrogen-bond acceptors (Lipinski definition) is 5. The third-order valence-electron chi connectivity index (χ3n) is 4.44. The molecule has 1 aromatic carbocycles. The van der Waals surface area contributed by atoms with Gasteiger partial charge in [-0.15, -0.1) is 0 Å². The number of hydrogen-bond donors (Lipinski definition) is 0. The second-order valence-corrected chi connectivity index (χ2v) is 5.91. The maximum Gasteiger partial charge on any atom is 0.323 e. The van der Waals surface area contributed by atoms with Crippen molar-refractivity contribution < 1.29 is 14.5 Å². The van der Waals surface area contributed by atoms with Gasteiger partial charge in [-0.25, -0.2) is 4.98 Å². The molecular formula is C18H19N3O4. The molecule has 1 aliphatic rings. The Morgan fingerprint density at radius 3 is 2.60 bits per heavy atom. The minimum absolute atomic E-state index is 0.00629. The van der Waals surface area contributed by atoms with Gasteiger partial charge in [0.2, 0.25) is 0 Å². The highest BCUT2D eigenvalue weighted by atomic mass is 16.6. The van der Waals surface area contributed by atoms with Crippen molar-refractivity contribution in [2.45, 2.75) is 31.7 Å². The van der Waals surface area contributed by atoms with Gasteiger partial charge in [0, 0.05) is 12.2 Å². The molecule has 0 spiro atoms. The minimum atomic E-state index is -0.572. The summed E-state index contributed by atoms with van der Waals surface area (Å²) in [6, 6.07) is 9.86. The number of pyridine rings is 1. The Kier molecular flexibility index (Phi) is 4.92. The normalized spacial score (nSPS) is 14.3. The Hall–Kier alpha value is -2.96. The van der Waals surface area contributed by atoms with Crippen molar-refractivity contribution in [3.05, 3.63) is 58.3 Å². The lowest BCUT2D eigenvalue weighted by Crippen LogP contribution is -2.39. The van der Waals surface area contributed by atoms with Gasteiger partial charge in [-0.1, -0.05) is 25.0 Å². The molecule has 1 heterocycles. The SMILES string of the molecule is COc1cccc(C(=O)N(c2ccccn2)C2CCCC2)c1[N+](=O)[O-]. The van der Waals surface area contributed by atoms with Gasteiger partial charge in [0.05, 0.1) is 12.0 Å². The number of para-hydroxylation sites is 1. The number of rotatable bonds is 5. The maximum atomic E-state index is 13.3. The predicted octanol–water partition coefficient (Wildman–Crippen LogP) is 3.59. The first-order valence-corrected chi connectivity index (χ1v) is 8.19. The standard InChI is InChI=1S/C18H19N3O4/c1-25-15-10-6-9-14(17(15)21(23)24)18(22)20(13-7-2-3-8-13)16-11-4-5-12-19-16/h4-6,9-13H,2-3,7-8H2,1H3. The third kappa shape index (κ3) is 3.31. The van der Waals surface area contributed by atoms with Crippen LogP contribution in [0, 0.1) is 10.1 Å². The van der Waals surface area contributed by atoms with Crippen molar-refractivity contribution in [2.75, 3.05) is 12.0 Å². The molecule has 0 bridgehead atoms. The molecule has 1 saturated carbocycles. The number of methoxy groups -OCH3 is 1. The second kappa shape index (κ2) is 7.29. The minimum Gasteiger partial charge on any atom is -0.490 e. The highest BCUT2D eigenvalue weighted by Gasteiger charge is 2.34. The van der Waals surface area contributed by atoms with E-state index >= 15 is 0 Å². The quantitative estimate of drug-likeness (QED) is 0.613. The summed E-state index contributed by atoms with van der Waals surface area (Å²) in [4.78, 5) is 30.1. The lowest BCUT2D eigenvalue weighted by Gasteiger charge is -2.28. The number of carbonyl (C=O) groups excluding carboxylic acids is 1. The summed E-state index contributed by atoms with van der Waals surface area (Å²) >= 11 is 0. The van der Waals surface area contributed by atoms with Gasteiger partial charge in [0.1, 0.15) is 11.4 Å². The Balaban J connectivity index is 2.08. The number of carbonyl (C=O) groups is 1. The van der Waals surface area contributed by atoms with Crippen molar-refractivity contribution in [2.24, 2.45) is 0 Å². The smallest absolute Gasteiger partial charge is 0.323 e. The summed E-state index contributed by atoms with van der Waals surface area (Å²) in [6.45, 7) is 0. The molecule has 130 valence electrons. The second-order valence-electron chi connectivity index (χ2n) is 5.91. The Morgan fingerprint density at radius 2 is 2.00 bits per heavy atom. The molecule has 1 aromatic heterocycles. The average molecular weight is 341 g/mol. The summed E-state index contributed by atoms with van der Waals surface area (Å²) < 4.78 is 5.08. The van der Waals surface area contributed by atoms with Gasteiger partial charge in [0.25, 0.3) is 5.91 Å². The van der Waals surface area contributed by atoms with Crippen LogP contribution in [-0.4, -0.2) is 29.0 Å². The zero-order valence-electron chi connectivity index (χ0n) is 13.9. The van der Waals surface area contributed by atoms with E-state index < -0.39 is 10.8 Å². The Morgan fingerprint density at radius 1 is 1.24 bits per heavy atom. The summed E-state index contributed by atoms with van der Waals surface area (Å²) in [5.74, 6) is 0.163. The fourth-order valence-electron chi connectivity index (χ4n) is 3.29. The average Bonchev–Trinajstić information content (AvgIpc) is 3.16. The van der Waals surface area contributed by atoms with Crippen molar-refractivity contribution >= 4 is 17.4 Å². The number of benzene rings is 1. The van der Waals surface area contributed by atoms with E-state index in [1.54, 1.807) is 35.4 Å². The lowest BCUT2D eigenvalue weighted by molar-refractivity contribution is -0.386. The molecule has 0 unspecified atom stereocenters. The van der Waals surface area contributed by atoms with Crippen molar-refractivity contribution in [3.8, 4) is 5.75 Å². The van der Waals surface area contributed by atoms with Gasteiger partial charge in [-0.3, -0.25) is 19.8 Å². The molecule has 2 aromatic rings. The van der Waals surface area contributed by atoms with Crippen LogP contribution in [0.1, 0.15) is 36.0 Å². The number of aromatic nitrogens is 1. The molecule has 7 heteroatoms. The summed E-state index contributed by atoms with van der Waals surface area (Å²) in [5, 5.41) is 11.5. The summed E-state index contributed by atoms with van der Waals surface area (Å²) in [7, 11) is 1.35. The van der Waals surface area contributed by atoms with Crippen LogP contribution >= 0.6 is 0 Å².